The molecule has 3 atom stereocenters. The summed E-state index contributed by atoms with van der Waals surface area (Å²) in [5.41, 5.74) is 0.0321. The van der Waals surface area contributed by atoms with Gasteiger partial charge in [0.1, 0.15) is 0 Å². The first-order valence-corrected chi connectivity index (χ1v) is 7.81. The highest BCUT2D eigenvalue weighted by Gasteiger charge is 2.32. The van der Waals surface area contributed by atoms with E-state index in [1.54, 1.807) is 18.7 Å². The van der Waals surface area contributed by atoms with Crippen LogP contribution in [-0.4, -0.2) is 35.1 Å². The van der Waals surface area contributed by atoms with Crippen LogP contribution in [0, 0.1) is 11.8 Å². The Labute approximate surface area is 134 Å². The lowest BCUT2D eigenvalue weighted by Crippen LogP contribution is -2.35. The van der Waals surface area contributed by atoms with Crippen molar-refractivity contribution in [2.24, 2.45) is 11.8 Å². The van der Waals surface area contributed by atoms with Crippen LogP contribution < -0.4 is 0 Å². The van der Waals surface area contributed by atoms with Gasteiger partial charge in [-0.3, -0.25) is 4.79 Å². The Morgan fingerprint density at radius 2 is 1.91 bits per heavy atom. The number of halogens is 3. The molecule has 1 aromatic rings. The summed E-state index contributed by atoms with van der Waals surface area (Å²) >= 11 is 0. The summed E-state index contributed by atoms with van der Waals surface area (Å²) < 4.78 is 37.6. The lowest BCUT2D eigenvalue weighted by molar-refractivity contribution is -0.137. The van der Waals surface area contributed by atoms with Gasteiger partial charge < -0.3 is 10.0 Å². The average Bonchev–Trinajstić information content (AvgIpc) is 2.96. The van der Waals surface area contributed by atoms with Crippen molar-refractivity contribution in [2.45, 2.75) is 39.0 Å². The average molecular weight is 329 g/mol. The third kappa shape index (κ3) is 4.47. The summed E-state index contributed by atoms with van der Waals surface area (Å²) in [5.74, 6) is -0.190. The highest BCUT2D eigenvalue weighted by molar-refractivity contribution is 5.79. The Bertz CT molecular complexity index is 540. The number of amides is 1. The summed E-state index contributed by atoms with van der Waals surface area (Å²) in [6.07, 6.45) is -3.58. The van der Waals surface area contributed by atoms with Crippen molar-refractivity contribution in [3.8, 4) is 0 Å². The number of nitrogens with zero attached hydrogens (tertiary/aromatic N) is 1. The Morgan fingerprint density at radius 3 is 2.39 bits per heavy atom. The molecule has 2 rings (SSSR count). The van der Waals surface area contributed by atoms with E-state index >= 15 is 0 Å². The standard InChI is InChI=1S/C17H22F3NO2/c1-11(16(23)21-8-7-14(10-21)12(2)22)9-13-3-5-15(6-4-13)17(18,19)20/h3-6,11-12,14,22H,7-10H2,1-2H3. The van der Waals surface area contributed by atoms with E-state index < -0.39 is 17.8 Å². The highest BCUT2D eigenvalue weighted by atomic mass is 19.4. The van der Waals surface area contributed by atoms with Crippen molar-refractivity contribution in [1.29, 1.82) is 0 Å². The Morgan fingerprint density at radius 1 is 1.30 bits per heavy atom. The number of likely N-dealkylation sites (tertiary alicyclic amines) is 1. The molecule has 1 aliphatic rings. The predicted octanol–water partition coefficient (Wildman–Crippen LogP) is 3.11. The number of benzene rings is 1. The number of hydrogen-bond donors (Lipinski definition) is 1. The molecule has 1 aliphatic heterocycles. The number of alkyl halides is 3. The van der Waals surface area contributed by atoms with E-state index in [0.717, 1.165) is 18.6 Å². The van der Waals surface area contributed by atoms with Gasteiger partial charge >= 0.3 is 6.18 Å². The van der Waals surface area contributed by atoms with Gasteiger partial charge in [-0.2, -0.15) is 13.2 Å². The molecule has 3 nitrogen and oxygen atoms in total. The van der Waals surface area contributed by atoms with Crippen molar-refractivity contribution in [2.75, 3.05) is 13.1 Å². The second kappa shape index (κ2) is 6.91. The van der Waals surface area contributed by atoms with Gasteiger partial charge in [-0.25, -0.2) is 0 Å². The van der Waals surface area contributed by atoms with Crippen molar-refractivity contribution >= 4 is 5.91 Å². The van der Waals surface area contributed by atoms with Crippen LogP contribution in [0.4, 0.5) is 13.2 Å². The molecule has 1 amide bonds. The van der Waals surface area contributed by atoms with E-state index in [4.69, 9.17) is 0 Å². The minimum absolute atomic E-state index is 0.00644. The summed E-state index contributed by atoms with van der Waals surface area (Å²) in [7, 11) is 0. The first-order chi connectivity index (χ1) is 10.7. The van der Waals surface area contributed by atoms with E-state index in [0.29, 0.717) is 25.1 Å². The molecule has 1 saturated heterocycles. The van der Waals surface area contributed by atoms with Crippen LogP contribution in [0.2, 0.25) is 0 Å². The first-order valence-electron chi connectivity index (χ1n) is 7.81. The van der Waals surface area contributed by atoms with Crippen LogP contribution in [-0.2, 0) is 17.4 Å². The van der Waals surface area contributed by atoms with Gasteiger partial charge in [0.15, 0.2) is 0 Å². The Hall–Kier alpha value is -1.56. The second-order valence-corrected chi connectivity index (χ2v) is 6.37. The van der Waals surface area contributed by atoms with Gasteiger partial charge in [0.05, 0.1) is 11.7 Å². The number of hydrogen-bond acceptors (Lipinski definition) is 2. The fourth-order valence-corrected chi connectivity index (χ4v) is 2.96. The molecule has 0 saturated carbocycles. The molecule has 23 heavy (non-hydrogen) atoms. The zero-order valence-electron chi connectivity index (χ0n) is 13.3. The van der Waals surface area contributed by atoms with Gasteiger partial charge in [0.25, 0.3) is 0 Å². The lowest BCUT2D eigenvalue weighted by Gasteiger charge is -2.22. The van der Waals surface area contributed by atoms with Crippen LogP contribution in [0.15, 0.2) is 24.3 Å². The Kier molecular flexibility index (Phi) is 5.34. The lowest BCUT2D eigenvalue weighted by atomic mass is 9.98. The molecule has 1 heterocycles. The molecule has 6 heteroatoms. The molecule has 0 radical (unpaired) electrons. The summed E-state index contributed by atoms with van der Waals surface area (Å²) in [4.78, 5) is 14.2. The van der Waals surface area contributed by atoms with E-state index in [1.165, 1.54) is 12.1 Å². The number of aliphatic hydroxyl groups is 1. The zero-order valence-corrected chi connectivity index (χ0v) is 13.3. The van der Waals surface area contributed by atoms with Crippen LogP contribution >= 0.6 is 0 Å². The van der Waals surface area contributed by atoms with E-state index in [-0.39, 0.29) is 17.7 Å². The fraction of sp³-hybridized carbons (Fsp3) is 0.588. The first kappa shape index (κ1) is 17.8. The molecule has 128 valence electrons. The molecule has 1 N–H and O–H groups in total. The van der Waals surface area contributed by atoms with E-state index in [2.05, 4.69) is 0 Å². The predicted molar refractivity (Wildman–Crippen MR) is 80.7 cm³/mol. The maximum atomic E-state index is 12.5. The zero-order chi connectivity index (χ0) is 17.2. The molecule has 0 aromatic heterocycles. The molecule has 1 aromatic carbocycles. The second-order valence-electron chi connectivity index (χ2n) is 6.37. The Balaban J connectivity index is 1.94. The van der Waals surface area contributed by atoms with Crippen molar-refractivity contribution < 1.29 is 23.1 Å². The molecule has 0 bridgehead atoms. The maximum Gasteiger partial charge on any atom is 0.416 e. The molecular weight excluding hydrogens is 307 g/mol. The van der Waals surface area contributed by atoms with Crippen molar-refractivity contribution in [3.63, 3.8) is 0 Å². The van der Waals surface area contributed by atoms with Gasteiger partial charge in [0, 0.05) is 24.9 Å². The third-order valence-corrected chi connectivity index (χ3v) is 4.46. The van der Waals surface area contributed by atoms with E-state index in [9.17, 15) is 23.1 Å². The summed E-state index contributed by atoms with van der Waals surface area (Å²) in [6, 6.07) is 4.95. The van der Waals surface area contributed by atoms with Crippen molar-refractivity contribution in [3.05, 3.63) is 35.4 Å². The topological polar surface area (TPSA) is 40.5 Å². The number of carbonyl (C=O) groups is 1. The van der Waals surface area contributed by atoms with Crippen LogP contribution in [0.5, 0.6) is 0 Å². The number of carbonyl (C=O) groups excluding carboxylic acids is 1. The summed E-state index contributed by atoms with van der Waals surface area (Å²) in [6.45, 7) is 4.69. The van der Waals surface area contributed by atoms with Gasteiger partial charge in [-0.05, 0) is 37.5 Å². The van der Waals surface area contributed by atoms with Gasteiger partial charge in [-0.1, -0.05) is 19.1 Å². The minimum atomic E-state index is -4.34. The minimum Gasteiger partial charge on any atom is -0.393 e. The molecule has 0 aliphatic carbocycles. The van der Waals surface area contributed by atoms with E-state index in [1.807, 2.05) is 0 Å². The van der Waals surface area contributed by atoms with Crippen LogP contribution in [0.1, 0.15) is 31.4 Å². The largest absolute Gasteiger partial charge is 0.416 e. The van der Waals surface area contributed by atoms with Crippen molar-refractivity contribution in [1.82, 2.24) is 4.90 Å². The number of aliphatic hydroxyl groups excluding tert-OH is 1. The maximum absolute atomic E-state index is 12.5. The molecule has 0 spiro atoms. The van der Waals surface area contributed by atoms with Crippen LogP contribution in [0.25, 0.3) is 0 Å². The highest BCUT2D eigenvalue weighted by Crippen LogP contribution is 2.29. The monoisotopic (exact) mass is 329 g/mol. The third-order valence-electron chi connectivity index (χ3n) is 4.46. The number of rotatable bonds is 4. The van der Waals surface area contributed by atoms with Crippen LogP contribution in [0.3, 0.4) is 0 Å². The molecule has 1 fully saturated rings. The quantitative estimate of drug-likeness (QED) is 0.922. The summed E-state index contributed by atoms with van der Waals surface area (Å²) in [5, 5.41) is 9.59. The van der Waals surface area contributed by atoms with Gasteiger partial charge in [-0.15, -0.1) is 0 Å². The van der Waals surface area contributed by atoms with Gasteiger partial charge in [0.2, 0.25) is 5.91 Å². The fourth-order valence-electron chi connectivity index (χ4n) is 2.96. The SMILES string of the molecule is CC(Cc1ccc(C(F)(F)F)cc1)C(=O)N1CCC(C(C)O)C1. The smallest absolute Gasteiger partial charge is 0.393 e. The molecular formula is C17H22F3NO2. The molecule has 3 unspecified atom stereocenters. The normalized spacial score (nSPS) is 21.3.